The van der Waals surface area contributed by atoms with Gasteiger partial charge in [-0.05, 0) is 67.1 Å². The Hall–Kier alpha value is -3.30. The Morgan fingerprint density at radius 3 is 2.00 bits per heavy atom. The third-order valence-corrected chi connectivity index (χ3v) is 6.72. The lowest BCUT2D eigenvalue weighted by atomic mass is 10.1. The third kappa shape index (κ3) is 12.0. The van der Waals surface area contributed by atoms with Crippen molar-refractivity contribution in [2.45, 2.75) is 73.8 Å². The van der Waals surface area contributed by atoms with Crippen LogP contribution in [0.5, 0.6) is 0 Å². The molecule has 0 amide bonds. The van der Waals surface area contributed by atoms with E-state index in [1.807, 2.05) is 32.0 Å². The Bertz CT molecular complexity index is 1150. The second kappa shape index (κ2) is 20.6. The maximum absolute atomic E-state index is 5.88. The van der Waals surface area contributed by atoms with E-state index in [2.05, 4.69) is 118 Å². The van der Waals surface area contributed by atoms with Crippen LogP contribution in [0, 0.1) is 5.92 Å². The Morgan fingerprint density at radius 2 is 1.44 bits per heavy atom. The predicted molar refractivity (Wildman–Crippen MR) is 185 cm³/mol. The highest BCUT2D eigenvalue weighted by Gasteiger charge is 2.22. The quantitative estimate of drug-likeness (QED) is 0.224. The molecule has 222 valence electrons. The van der Waals surface area contributed by atoms with E-state index in [9.17, 15) is 0 Å². The first-order valence-corrected chi connectivity index (χ1v) is 15.5. The molecule has 0 radical (unpaired) electrons. The topological polar surface area (TPSA) is 18.8 Å². The molecular weight excluding hydrogens is 522 g/mol. The number of rotatable bonds is 10. The summed E-state index contributed by atoms with van der Waals surface area (Å²) in [4.78, 5) is 9.57. The number of benzene rings is 3. The van der Waals surface area contributed by atoms with Crippen molar-refractivity contribution in [3.8, 4) is 0 Å². The Morgan fingerprint density at radius 1 is 0.878 bits per heavy atom. The van der Waals surface area contributed by atoms with E-state index in [1.54, 1.807) is 0 Å². The zero-order chi connectivity index (χ0) is 30.6. The summed E-state index contributed by atoms with van der Waals surface area (Å²) in [6, 6.07) is 27.0. The monoisotopic (exact) mass is 573 g/mol. The summed E-state index contributed by atoms with van der Waals surface area (Å²) in [6.45, 7) is 26.2. The van der Waals surface area contributed by atoms with Gasteiger partial charge in [0.05, 0.1) is 12.2 Å². The number of aryl methyl sites for hydroxylation is 1. The number of anilines is 1. The number of aliphatic imine (C=N–C) groups is 1. The lowest BCUT2D eigenvalue weighted by Gasteiger charge is -2.32. The zero-order valence-electron chi connectivity index (χ0n) is 26.4. The fraction of sp³-hybridized carbons (Fsp3) is 0.378. The first kappa shape index (κ1) is 35.7. The normalized spacial score (nSPS) is 11.4. The van der Waals surface area contributed by atoms with Gasteiger partial charge in [-0.2, -0.15) is 0 Å². The molecule has 0 bridgehead atoms. The van der Waals surface area contributed by atoms with Crippen LogP contribution in [0.25, 0.3) is 0 Å². The fourth-order valence-electron chi connectivity index (χ4n) is 4.53. The second-order valence-electron chi connectivity index (χ2n) is 9.85. The van der Waals surface area contributed by atoms with Crippen molar-refractivity contribution < 1.29 is 0 Å². The summed E-state index contributed by atoms with van der Waals surface area (Å²) in [5.74, 6) is 1.55. The molecule has 3 aromatic carbocycles. The van der Waals surface area contributed by atoms with Crippen LogP contribution in [-0.4, -0.2) is 23.8 Å². The van der Waals surface area contributed by atoms with Gasteiger partial charge in [0.15, 0.2) is 0 Å². The molecule has 0 aliphatic carbocycles. The van der Waals surface area contributed by atoms with Crippen molar-refractivity contribution in [2.75, 3.05) is 18.0 Å². The highest BCUT2D eigenvalue weighted by atomic mass is 35.5. The fourth-order valence-corrected chi connectivity index (χ4v) is 4.65. The average Bonchev–Trinajstić information content (AvgIpc) is 3.02. The standard InChI is InChI=1S/C17H18N2.C16H24ClN.C2H6.C2H4/c1-13(2)17-18-16-11-7-6-8-14(16)12-19(17)15-9-4-3-5-10-15;1-4-12-18(13-5-2)14(3)6-7-15-8-10-16(17)11-9-15;2*1-2/h3-11,13H,12H2,1-2H3;8-11H,3-7,12-13H2,1-2H3;1-2H3;1-2H2. The van der Waals surface area contributed by atoms with Gasteiger partial charge in [-0.3, -0.25) is 0 Å². The van der Waals surface area contributed by atoms with Crippen molar-refractivity contribution in [1.29, 1.82) is 0 Å². The number of hydrogen-bond acceptors (Lipinski definition) is 3. The van der Waals surface area contributed by atoms with Gasteiger partial charge in [0, 0.05) is 35.4 Å². The SMILES string of the molecule is C=C.C=C(CCc1ccc(Cl)cc1)N(CCC)CCC.CC.CC(C)C1=Nc2ccccc2CN1c1ccccc1. The second-order valence-corrected chi connectivity index (χ2v) is 10.3. The number of halogens is 1. The summed E-state index contributed by atoms with van der Waals surface area (Å²) in [6.07, 6.45) is 4.43. The summed E-state index contributed by atoms with van der Waals surface area (Å²) in [5.41, 5.74) is 6.20. The molecule has 3 aromatic rings. The van der Waals surface area contributed by atoms with E-state index in [4.69, 9.17) is 16.6 Å². The van der Waals surface area contributed by atoms with Crippen LogP contribution in [-0.2, 0) is 13.0 Å². The number of amidine groups is 1. The molecule has 0 spiro atoms. The van der Waals surface area contributed by atoms with E-state index < -0.39 is 0 Å². The summed E-state index contributed by atoms with van der Waals surface area (Å²) in [7, 11) is 0. The van der Waals surface area contributed by atoms with E-state index in [-0.39, 0.29) is 0 Å². The maximum Gasteiger partial charge on any atom is 0.112 e. The molecule has 0 fully saturated rings. The van der Waals surface area contributed by atoms with Crippen LogP contribution in [0.15, 0.2) is 109 Å². The molecule has 4 heteroatoms. The summed E-state index contributed by atoms with van der Waals surface area (Å²) < 4.78 is 0. The number of fused-ring (bicyclic) bond motifs is 1. The van der Waals surface area contributed by atoms with E-state index in [0.717, 1.165) is 49.0 Å². The molecule has 3 nitrogen and oxygen atoms in total. The van der Waals surface area contributed by atoms with Crippen molar-refractivity contribution in [1.82, 2.24) is 4.90 Å². The van der Waals surface area contributed by atoms with Crippen LogP contribution < -0.4 is 4.90 Å². The molecule has 0 unspecified atom stereocenters. The number of allylic oxidation sites excluding steroid dienone is 1. The first-order valence-electron chi connectivity index (χ1n) is 15.1. The van der Waals surface area contributed by atoms with Gasteiger partial charge in [0.2, 0.25) is 0 Å². The van der Waals surface area contributed by atoms with E-state index >= 15 is 0 Å². The Kier molecular flexibility index (Phi) is 17.9. The van der Waals surface area contributed by atoms with Crippen molar-refractivity contribution in [2.24, 2.45) is 10.9 Å². The molecule has 0 saturated carbocycles. The minimum atomic E-state index is 0.411. The van der Waals surface area contributed by atoms with Crippen LogP contribution in [0.1, 0.15) is 71.9 Å². The summed E-state index contributed by atoms with van der Waals surface area (Å²) >= 11 is 5.88. The third-order valence-electron chi connectivity index (χ3n) is 6.47. The molecule has 41 heavy (non-hydrogen) atoms. The van der Waals surface area contributed by atoms with Crippen molar-refractivity contribution in [3.63, 3.8) is 0 Å². The van der Waals surface area contributed by atoms with Gasteiger partial charge in [-0.15, -0.1) is 13.2 Å². The average molecular weight is 574 g/mol. The largest absolute Gasteiger partial charge is 0.375 e. The molecule has 1 aliphatic rings. The molecule has 0 saturated heterocycles. The van der Waals surface area contributed by atoms with Gasteiger partial charge >= 0.3 is 0 Å². The molecule has 4 rings (SSSR count). The predicted octanol–water partition coefficient (Wildman–Crippen LogP) is 11.1. The maximum atomic E-state index is 5.88. The van der Waals surface area contributed by atoms with E-state index in [1.165, 1.54) is 35.4 Å². The van der Waals surface area contributed by atoms with Gasteiger partial charge in [-0.25, -0.2) is 4.99 Å². The highest BCUT2D eigenvalue weighted by molar-refractivity contribution is 6.30. The van der Waals surface area contributed by atoms with Crippen LogP contribution in [0.3, 0.4) is 0 Å². The Balaban J connectivity index is 0.000000367. The molecule has 1 heterocycles. The summed E-state index contributed by atoms with van der Waals surface area (Å²) in [5, 5.41) is 0.802. The van der Waals surface area contributed by atoms with Gasteiger partial charge in [0.25, 0.3) is 0 Å². The van der Waals surface area contributed by atoms with Crippen molar-refractivity contribution >= 4 is 28.8 Å². The minimum Gasteiger partial charge on any atom is -0.375 e. The zero-order valence-corrected chi connectivity index (χ0v) is 27.1. The van der Waals surface area contributed by atoms with Crippen molar-refractivity contribution in [3.05, 3.63) is 120 Å². The molecule has 1 aliphatic heterocycles. The molecule has 0 N–H and O–H groups in total. The van der Waals surface area contributed by atoms with Crippen LogP contribution >= 0.6 is 11.6 Å². The number of hydrogen-bond donors (Lipinski definition) is 0. The molecular formula is C37H52ClN3. The number of nitrogens with zero attached hydrogens (tertiary/aromatic N) is 3. The van der Waals surface area contributed by atoms with Gasteiger partial charge in [-0.1, -0.05) is 108 Å². The van der Waals surface area contributed by atoms with Gasteiger partial charge < -0.3 is 9.80 Å². The smallest absolute Gasteiger partial charge is 0.112 e. The van der Waals surface area contributed by atoms with Gasteiger partial charge in [0.1, 0.15) is 5.84 Å². The lowest BCUT2D eigenvalue weighted by molar-refractivity contribution is 0.334. The number of para-hydroxylation sites is 2. The first-order chi connectivity index (χ1) is 19.9. The molecule has 0 aromatic heterocycles. The highest BCUT2D eigenvalue weighted by Crippen LogP contribution is 2.31. The Labute approximate surface area is 256 Å². The molecule has 0 atom stereocenters. The minimum absolute atomic E-state index is 0.411. The van der Waals surface area contributed by atoms with Crippen LogP contribution in [0.4, 0.5) is 11.4 Å². The lowest BCUT2D eigenvalue weighted by Crippen LogP contribution is -2.36. The van der Waals surface area contributed by atoms with Crippen LogP contribution in [0.2, 0.25) is 5.02 Å². The van der Waals surface area contributed by atoms with E-state index in [0.29, 0.717) is 5.92 Å².